The molecule has 4 heteroatoms. The van der Waals surface area contributed by atoms with Crippen LogP contribution >= 0.6 is 12.2 Å². The highest BCUT2D eigenvalue weighted by molar-refractivity contribution is 7.80. The average Bonchev–Trinajstić information content (AvgIpc) is 2.82. The second kappa shape index (κ2) is 6.71. The van der Waals surface area contributed by atoms with Crippen LogP contribution in [-0.2, 0) is 4.74 Å². The Bertz CT molecular complexity index is 403. The Kier molecular flexibility index (Phi) is 4.96. The third-order valence-electron chi connectivity index (χ3n) is 3.05. The van der Waals surface area contributed by atoms with E-state index in [0.717, 1.165) is 25.3 Å². The Morgan fingerprint density at radius 2 is 2.39 bits per heavy atom. The molecule has 1 saturated heterocycles. The van der Waals surface area contributed by atoms with Gasteiger partial charge in [0.2, 0.25) is 0 Å². The van der Waals surface area contributed by atoms with Gasteiger partial charge in [-0.2, -0.15) is 0 Å². The van der Waals surface area contributed by atoms with E-state index >= 15 is 0 Å². The van der Waals surface area contributed by atoms with E-state index < -0.39 is 0 Å². The van der Waals surface area contributed by atoms with Gasteiger partial charge in [-0.15, -0.1) is 0 Å². The van der Waals surface area contributed by atoms with E-state index in [1.807, 2.05) is 12.1 Å². The fourth-order valence-corrected chi connectivity index (χ4v) is 2.34. The minimum Gasteiger partial charge on any atom is -0.378 e. The lowest BCUT2D eigenvalue weighted by Gasteiger charge is -2.13. The number of nitrogens with one attached hydrogen (secondary N) is 2. The van der Waals surface area contributed by atoms with Crippen LogP contribution in [0.2, 0.25) is 0 Å². The van der Waals surface area contributed by atoms with Gasteiger partial charge in [-0.3, -0.25) is 0 Å². The van der Waals surface area contributed by atoms with Crippen LogP contribution < -0.4 is 10.6 Å². The lowest BCUT2D eigenvalue weighted by Crippen LogP contribution is -2.30. The predicted molar refractivity (Wildman–Crippen MR) is 79.0 cm³/mol. The Hall–Kier alpha value is -1.13. The van der Waals surface area contributed by atoms with Crippen molar-refractivity contribution in [2.45, 2.75) is 32.3 Å². The number of ether oxygens (including phenoxy) is 1. The molecule has 0 spiro atoms. The van der Waals surface area contributed by atoms with Crippen LogP contribution in [0.5, 0.6) is 0 Å². The standard InChI is InChI=1S/C14H20N2OS/c1-11-4-2-5-12(10-11)16-14(18)15-8-7-13-6-3-9-17-13/h2,4-5,10,13H,3,6-9H2,1H3,(H2,15,16,18). The third-order valence-corrected chi connectivity index (χ3v) is 3.30. The van der Waals surface area contributed by atoms with E-state index in [2.05, 4.69) is 29.7 Å². The first-order valence-electron chi connectivity index (χ1n) is 6.47. The summed E-state index contributed by atoms with van der Waals surface area (Å²) in [6.45, 7) is 3.85. The van der Waals surface area contributed by atoms with Crippen LogP contribution in [0.1, 0.15) is 24.8 Å². The normalized spacial score (nSPS) is 18.6. The molecular formula is C14H20N2OS. The summed E-state index contributed by atoms with van der Waals surface area (Å²) in [6, 6.07) is 8.18. The number of hydrogen-bond acceptors (Lipinski definition) is 2. The summed E-state index contributed by atoms with van der Waals surface area (Å²) in [5, 5.41) is 7.08. The average molecular weight is 264 g/mol. The van der Waals surface area contributed by atoms with E-state index in [9.17, 15) is 0 Å². The van der Waals surface area contributed by atoms with Crippen molar-refractivity contribution in [1.29, 1.82) is 0 Å². The molecule has 0 bridgehead atoms. The molecule has 0 amide bonds. The first-order chi connectivity index (χ1) is 8.74. The molecule has 0 aliphatic carbocycles. The zero-order valence-electron chi connectivity index (χ0n) is 10.7. The molecule has 1 heterocycles. The summed E-state index contributed by atoms with van der Waals surface area (Å²) in [4.78, 5) is 0. The number of aryl methyl sites for hydroxylation is 1. The quantitative estimate of drug-likeness (QED) is 0.819. The van der Waals surface area contributed by atoms with Gasteiger partial charge in [-0.25, -0.2) is 0 Å². The summed E-state index contributed by atoms with van der Waals surface area (Å²) in [5.74, 6) is 0. The molecular weight excluding hydrogens is 244 g/mol. The smallest absolute Gasteiger partial charge is 0.170 e. The summed E-state index contributed by atoms with van der Waals surface area (Å²) >= 11 is 5.26. The van der Waals surface area contributed by atoms with Gasteiger partial charge in [0.25, 0.3) is 0 Å². The first kappa shape index (κ1) is 13.3. The second-order valence-corrected chi connectivity index (χ2v) is 5.08. The zero-order chi connectivity index (χ0) is 12.8. The summed E-state index contributed by atoms with van der Waals surface area (Å²) in [7, 11) is 0. The Labute approximate surface area is 114 Å². The van der Waals surface area contributed by atoms with Crippen molar-refractivity contribution in [2.75, 3.05) is 18.5 Å². The molecule has 1 fully saturated rings. The van der Waals surface area contributed by atoms with Crippen molar-refractivity contribution in [3.63, 3.8) is 0 Å². The molecule has 2 rings (SSSR count). The molecule has 1 atom stereocenters. The van der Waals surface area contributed by atoms with Crippen LogP contribution in [0.3, 0.4) is 0 Å². The van der Waals surface area contributed by atoms with Gasteiger partial charge in [0.15, 0.2) is 5.11 Å². The highest BCUT2D eigenvalue weighted by atomic mass is 32.1. The number of benzene rings is 1. The fraction of sp³-hybridized carbons (Fsp3) is 0.500. The van der Waals surface area contributed by atoms with Crippen molar-refractivity contribution in [2.24, 2.45) is 0 Å². The highest BCUT2D eigenvalue weighted by Gasteiger charge is 2.14. The van der Waals surface area contributed by atoms with Crippen LogP contribution in [-0.4, -0.2) is 24.4 Å². The topological polar surface area (TPSA) is 33.3 Å². The molecule has 2 N–H and O–H groups in total. The molecule has 98 valence electrons. The molecule has 1 aromatic carbocycles. The molecule has 3 nitrogen and oxygen atoms in total. The van der Waals surface area contributed by atoms with Gasteiger partial charge in [-0.05, 0) is 56.1 Å². The van der Waals surface area contributed by atoms with E-state index in [1.165, 1.54) is 18.4 Å². The van der Waals surface area contributed by atoms with Gasteiger partial charge in [0.05, 0.1) is 6.10 Å². The van der Waals surface area contributed by atoms with Crippen LogP contribution in [0.25, 0.3) is 0 Å². The maximum absolute atomic E-state index is 5.57. The number of rotatable bonds is 4. The second-order valence-electron chi connectivity index (χ2n) is 4.67. The molecule has 18 heavy (non-hydrogen) atoms. The van der Waals surface area contributed by atoms with Crippen LogP contribution in [0.15, 0.2) is 24.3 Å². The Morgan fingerprint density at radius 1 is 1.50 bits per heavy atom. The predicted octanol–water partition coefficient (Wildman–Crippen LogP) is 2.85. The van der Waals surface area contributed by atoms with Crippen LogP contribution in [0, 0.1) is 6.92 Å². The lowest BCUT2D eigenvalue weighted by molar-refractivity contribution is 0.105. The minimum absolute atomic E-state index is 0.416. The Balaban J connectivity index is 1.68. The molecule has 1 unspecified atom stereocenters. The van der Waals surface area contributed by atoms with Crippen molar-refractivity contribution in [3.05, 3.63) is 29.8 Å². The molecule has 1 aromatic rings. The van der Waals surface area contributed by atoms with E-state index in [4.69, 9.17) is 17.0 Å². The van der Waals surface area contributed by atoms with Gasteiger partial charge >= 0.3 is 0 Å². The lowest BCUT2D eigenvalue weighted by atomic mass is 10.2. The van der Waals surface area contributed by atoms with Crippen LogP contribution in [0.4, 0.5) is 5.69 Å². The monoisotopic (exact) mass is 264 g/mol. The number of anilines is 1. The van der Waals surface area contributed by atoms with Crippen molar-refractivity contribution >= 4 is 23.0 Å². The molecule has 0 radical (unpaired) electrons. The zero-order valence-corrected chi connectivity index (χ0v) is 11.6. The summed E-state index contributed by atoms with van der Waals surface area (Å²) < 4.78 is 5.57. The van der Waals surface area contributed by atoms with Gasteiger partial charge in [-0.1, -0.05) is 12.1 Å². The van der Waals surface area contributed by atoms with E-state index in [1.54, 1.807) is 0 Å². The first-order valence-corrected chi connectivity index (χ1v) is 6.88. The SMILES string of the molecule is Cc1cccc(NC(=S)NCCC2CCCO2)c1. The highest BCUT2D eigenvalue weighted by Crippen LogP contribution is 2.14. The molecule has 0 aromatic heterocycles. The maximum atomic E-state index is 5.57. The maximum Gasteiger partial charge on any atom is 0.170 e. The van der Waals surface area contributed by atoms with Gasteiger partial charge in [0.1, 0.15) is 0 Å². The van der Waals surface area contributed by atoms with Crippen molar-refractivity contribution < 1.29 is 4.74 Å². The van der Waals surface area contributed by atoms with Crippen molar-refractivity contribution in [3.8, 4) is 0 Å². The summed E-state index contributed by atoms with van der Waals surface area (Å²) in [5.41, 5.74) is 2.26. The Morgan fingerprint density at radius 3 is 3.11 bits per heavy atom. The van der Waals surface area contributed by atoms with Gasteiger partial charge in [0, 0.05) is 18.8 Å². The van der Waals surface area contributed by atoms with Gasteiger partial charge < -0.3 is 15.4 Å². The largest absolute Gasteiger partial charge is 0.378 e. The molecule has 1 aliphatic rings. The fourth-order valence-electron chi connectivity index (χ4n) is 2.12. The summed E-state index contributed by atoms with van der Waals surface area (Å²) in [6.07, 6.45) is 3.81. The van der Waals surface area contributed by atoms with Crippen molar-refractivity contribution in [1.82, 2.24) is 5.32 Å². The van der Waals surface area contributed by atoms with E-state index in [-0.39, 0.29) is 0 Å². The minimum atomic E-state index is 0.416. The number of hydrogen-bond donors (Lipinski definition) is 2. The van der Waals surface area contributed by atoms with E-state index in [0.29, 0.717) is 11.2 Å². The molecule has 0 saturated carbocycles. The third kappa shape index (κ3) is 4.27. The molecule has 1 aliphatic heterocycles. The number of thiocarbonyl (C=S) groups is 1.